The number of amides is 3. The molecule has 2 atom stereocenters. The zero-order valence-electron chi connectivity index (χ0n) is 17.8. The predicted octanol–water partition coefficient (Wildman–Crippen LogP) is 3.53. The first-order chi connectivity index (χ1) is 14.6. The van der Waals surface area contributed by atoms with E-state index in [0.29, 0.717) is 13.2 Å². The Bertz CT molecular complexity index is 763. The number of likely N-dealkylation sites (tertiary alicyclic amines) is 1. The van der Waals surface area contributed by atoms with E-state index in [9.17, 15) is 9.59 Å². The Kier molecular flexibility index (Phi) is 6.77. The molecule has 2 N–H and O–H groups in total. The van der Waals surface area contributed by atoms with Crippen LogP contribution >= 0.6 is 0 Å². The SMILES string of the molecule is C[C@@H](C(=O)NC(=O)NC1CCCCC1)N1CCC[C@H]1c1ccc2c(c1)OCCCO2. The average molecular weight is 416 g/mol. The molecule has 1 aromatic rings. The maximum absolute atomic E-state index is 12.8. The van der Waals surface area contributed by atoms with Gasteiger partial charge in [0.1, 0.15) is 0 Å². The van der Waals surface area contributed by atoms with Crippen LogP contribution in [0.4, 0.5) is 4.79 Å². The molecule has 4 rings (SSSR count). The largest absolute Gasteiger partial charge is 0.490 e. The van der Waals surface area contributed by atoms with E-state index in [2.05, 4.69) is 21.6 Å². The fourth-order valence-corrected chi connectivity index (χ4v) is 4.83. The number of nitrogens with zero attached hydrogens (tertiary/aromatic N) is 1. The van der Waals surface area contributed by atoms with E-state index in [1.54, 1.807) is 0 Å². The smallest absolute Gasteiger partial charge is 0.321 e. The summed E-state index contributed by atoms with van der Waals surface area (Å²) in [5.74, 6) is 1.32. The van der Waals surface area contributed by atoms with E-state index in [0.717, 1.165) is 68.6 Å². The molecular formula is C23H33N3O4. The highest BCUT2D eigenvalue weighted by molar-refractivity contribution is 5.96. The summed E-state index contributed by atoms with van der Waals surface area (Å²) in [6, 6.07) is 5.64. The van der Waals surface area contributed by atoms with Crippen molar-refractivity contribution in [3.05, 3.63) is 23.8 Å². The van der Waals surface area contributed by atoms with E-state index in [4.69, 9.17) is 9.47 Å². The molecule has 30 heavy (non-hydrogen) atoms. The highest BCUT2D eigenvalue weighted by Crippen LogP contribution is 2.38. The van der Waals surface area contributed by atoms with Gasteiger partial charge in [-0.25, -0.2) is 4.79 Å². The van der Waals surface area contributed by atoms with E-state index in [1.807, 2.05) is 19.1 Å². The molecule has 3 amide bonds. The lowest BCUT2D eigenvalue weighted by Crippen LogP contribution is -2.51. The van der Waals surface area contributed by atoms with Crippen LogP contribution < -0.4 is 20.1 Å². The Morgan fingerprint density at radius 2 is 1.77 bits per heavy atom. The molecule has 1 aromatic carbocycles. The van der Waals surface area contributed by atoms with Gasteiger partial charge in [0.05, 0.1) is 19.3 Å². The molecular weight excluding hydrogens is 382 g/mol. The van der Waals surface area contributed by atoms with Crippen LogP contribution in [0.3, 0.4) is 0 Å². The maximum atomic E-state index is 12.8. The zero-order chi connectivity index (χ0) is 20.9. The fraction of sp³-hybridized carbons (Fsp3) is 0.652. The summed E-state index contributed by atoms with van der Waals surface area (Å²) in [6.45, 7) is 4.03. The van der Waals surface area contributed by atoms with Gasteiger partial charge in [0, 0.05) is 18.5 Å². The van der Waals surface area contributed by atoms with Gasteiger partial charge in [-0.05, 0) is 56.8 Å². The van der Waals surface area contributed by atoms with Crippen LogP contribution in [0.25, 0.3) is 0 Å². The summed E-state index contributed by atoms with van der Waals surface area (Å²) in [6.07, 6.45) is 8.37. The topological polar surface area (TPSA) is 79.9 Å². The van der Waals surface area contributed by atoms with E-state index < -0.39 is 0 Å². The Balaban J connectivity index is 1.38. The van der Waals surface area contributed by atoms with Gasteiger partial charge >= 0.3 is 6.03 Å². The Morgan fingerprint density at radius 3 is 2.57 bits per heavy atom. The van der Waals surface area contributed by atoms with Crippen molar-refractivity contribution < 1.29 is 19.1 Å². The van der Waals surface area contributed by atoms with Gasteiger partial charge in [-0.1, -0.05) is 25.3 Å². The molecule has 0 aromatic heterocycles. The number of urea groups is 1. The standard InChI is InChI=1S/C23H33N3O4/c1-16(22(27)25-23(28)24-18-7-3-2-4-8-18)26-12-5-9-19(26)17-10-11-20-21(15-17)30-14-6-13-29-20/h10-11,15-16,18-19H,2-9,12-14H2,1H3,(H2,24,25,27,28)/t16-,19-/m0/s1. The van der Waals surface area contributed by atoms with Crippen molar-refractivity contribution in [2.24, 2.45) is 0 Å². The van der Waals surface area contributed by atoms with Crippen molar-refractivity contribution in [2.75, 3.05) is 19.8 Å². The molecule has 1 aliphatic carbocycles. The number of rotatable bonds is 4. The quantitative estimate of drug-likeness (QED) is 0.786. The Hall–Kier alpha value is -2.28. The molecule has 2 aliphatic heterocycles. The number of carbonyl (C=O) groups is 2. The van der Waals surface area contributed by atoms with E-state index in [1.165, 1.54) is 6.42 Å². The Morgan fingerprint density at radius 1 is 1.00 bits per heavy atom. The van der Waals surface area contributed by atoms with Gasteiger partial charge in [0.15, 0.2) is 11.5 Å². The number of ether oxygens (including phenoxy) is 2. The van der Waals surface area contributed by atoms with Crippen molar-refractivity contribution in [3.63, 3.8) is 0 Å². The number of fused-ring (bicyclic) bond motifs is 1. The molecule has 164 valence electrons. The summed E-state index contributed by atoms with van der Waals surface area (Å²) in [5, 5.41) is 5.52. The third-order valence-corrected chi connectivity index (χ3v) is 6.50. The number of carbonyl (C=O) groups excluding carboxylic acids is 2. The summed E-state index contributed by atoms with van der Waals surface area (Å²) in [7, 11) is 0. The maximum Gasteiger partial charge on any atom is 0.321 e. The number of nitrogens with one attached hydrogen (secondary N) is 2. The van der Waals surface area contributed by atoms with Gasteiger partial charge in [0.25, 0.3) is 0 Å². The minimum Gasteiger partial charge on any atom is -0.490 e. The molecule has 0 unspecified atom stereocenters. The first-order valence-corrected chi connectivity index (χ1v) is 11.4. The average Bonchev–Trinajstić information content (AvgIpc) is 3.12. The molecule has 1 saturated carbocycles. The summed E-state index contributed by atoms with van der Waals surface area (Å²) < 4.78 is 11.6. The second-order valence-electron chi connectivity index (χ2n) is 8.63. The summed E-state index contributed by atoms with van der Waals surface area (Å²) in [4.78, 5) is 27.3. The molecule has 2 fully saturated rings. The minimum atomic E-state index is -0.384. The first-order valence-electron chi connectivity index (χ1n) is 11.4. The molecule has 2 heterocycles. The molecule has 0 spiro atoms. The lowest BCUT2D eigenvalue weighted by atomic mass is 9.96. The number of benzene rings is 1. The molecule has 0 bridgehead atoms. The zero-order valence-corrected chi connectivity index (χ0v) is 17.8. The van der Waals surface area contributed by atoms with Gasteiger partial charge < -0.3 is 14.8 Å². The monoisotopic (exact) mass is 415 g/mol. The number of hydrogen-bond donors (Lipinski definition) is 2. The van der Waals surface area contributed by atoms with Crippen LogP contribution in [0.5, 0.6) is 11.5 Å². The first kappa shape index (κ1) is 21.0. The van der Waals surface area contributed by atoms with Crippen molar-refractivity contribution in [2.45, 2.75) is 76.4 Å². The van der Waals surface area contributed by atoms with Crippen molar-refractivity contribution in [3.8, 4) is 11.5 Å². The van der Waals surface area contributed by atoms with Crippen LogP contribution in [-0.4, -0.2) is 48.7 Å². The highest BCUT2D eigenvalue weighted by Gasteiger charge is 2.34. The normalized spacial score (nSPS) is 23.4. The Labute approximate surface area is 178 Å². The van der Waals surface area contributed by atoms with Crippen LogP contribution in [0.1, 0.15) is 69.9 Å². The summed E-state index contributed by atoms with van der Waals surface area (Å²) in [5.41, 5.74) is 1.13. The lowest BCUT2D eigenvalue weighted by Gasteiger charge is -2.30. The molecule has 7 heteroatoms. The van der Waals surface area contributed by atoms with Crippen LogP contribution in [0, 0.1) is 0 Å². The van der Waals surface area contributed by atoms with E-state index in [-0.39, 0.29) is 30.1 Å². The fourth-order valence-electron chi connectivity index (χ4n) is 4.83. The van der Waals surface area contributed by atoms with Crippen LogP contribution in [-0.2, 0) is 4.79 Å². The number of hydrogen-bond acceptors (Lipinski definition) is 5. The summed E-state index contributed by atoms with van der Waals surface area (Å²) >= 11 is 0. The second-order valence-corrected chi connectivity index (χ2v) is 8.63. The molecule has 0 radical (unpaired) electrons. The number of imide groups is 1. The second kappa shape index (κ2) is 9.69. The molecule has 7 nitrogen and oxygen atoms in total. The van der Waals surface area contributed by atoms with Gasteiger partial charge in [-0.2, -0.15) is 0 Å². The highest BCUT2D eigenvalue weighted by atomic mass is 16.5. The van der Waals surface area contributed by atoms with Gasteiger partial charge in [-0.15, -0.1) is 0 Å². The van der Waals surface area contributed by atoms with E-state index >= 15 is 0 Å². The van der Waals surface area contributed by atoms with Gasteiger partial charge in [0.2, 0.25) is 5.91 Å². The van der Waals surface area contributed by atoms with Crippen molar-refractivity contribution in [1.29, 1.82) is 0 Å². The third kappa shape index (κ3) is 4.89. The third-order valence-electron chi connectivity index (χ3n) is 6.50. The molecule has 1 saturated heterocycles. The lowest BCUT2D eigenvalue weighted by molar-refractivity contribution is -0.125. The predicted molar refractivity (Wildman–Crippen MR) is 114 cm³/mol. The minimum absolute atomic E-state index is 0.129. The van der Waals surface area contributed by atoms with Crippen LogP contribution in [0.2, 0.25) is 0 Å². The van der Waals surface area contributed by atoms with Crippen molar-refractivity contribution in [1.82, 2.24) is 15.5 Å². The van der Waals surface area contributed by atoms with Gasteiger partial charge in [-0.3, -0.25) is 15.0 Å². The van der Waals surface area contributed by atoms with Crippen molar-refractivity contribution >= 4 is 11.9 Å². The molecule has 3 aliphatic rings. The van der Waals surface area contributed by atoms with Crippen LogP contribution in [0.15, 0.2) is 18.2 Å².